The lowest BCUT2D eigenvalue weighted by atomic mass is 10.2. The molecule has 0 atom stereocenters. The molecule has 5 nitrogen and oxygen atoms in total. The number of rotatable bonds is 2. The third kappa shape index (κ3) is 1.44. The van der Waals surface area contributed by atoms with Gasteiger partial charge in [-0.15, -0.1) is 0 Å². The van der Waals surface area contributed by atoms with Crippen LogP contribution in [0.5, 0.6) is 0 Å². The number of aromatic nitrogens is 3. The van der Waals surface area contributed by atoms with Crippen LogP contribution >= 0.6 is 0 Å². The fourth-order valence-electron chi connectivity index (χ4n) is 1.30. The Kier molecular flexibility index (Phi) is 1.92. The maximum absolute atomic E-state index is 10.5. The molecule has 0 unspecified atom stereocenters. The Morgan fingerprint density at radius 2 is 2.36 bits per heavy atom. The minimum Gasteiger partial charge on any atom is -0.481 e. The van der Waals surface area contributed by atoms with Crippen LogP contribution in [0, 0.1) is 6.92 Å². The zero-order valence-electron chi connectivity index (χ0n) is 7.64. The number of carboxylic acid groups (broad SMARTS) is 1. The average Bonchev–Trinajstić information content (AvgIpc) is 2.47. The normalized spacial score (nSPS) is 10.6. The lowest BCUT2D eigenvalue weighted by Gasteiger charge is -1.95. The first-order chi connectivity index (χ1) is 6.66. The lowest BCUT2D eigenvalue weighted by Crippen LogP contribution is -2.00. The molecule has 72 valence electrons. The number of carboxylic acids is 1. The predicted molar refractivity (Wildman–Crippen MR) is 49.1 cm³/mol. The molecule has 0 radical (unpaired) electrons. The summed E-state index contributed by atoms with van der Waals surface area (Å²) in [6.45, 7) is 1.91. The molecule has 0 aliphatic heterocycles. The number of nitrogens with zero attached hydrogens (tertiary/aromatic N) is 3. The molecule has 0 amide bonds. The summed E-state index contributed by atoms with van der Waals surface area (Å²) in [5.41, 5.74) is 2.23. The van der Waals surface area contributed by atoms with Gasteiger partial charge in [-0.25, -0.2) is 9.50 Å². The highest BCUT2D eigenvalue weighted by atomic mass is 16.4. The summed E-state index contributed by atoms with van der Waals surface area (Å²) in [7, 11) is 0. The second-order valence-corrected chi connectivity index (χ2v) is 3.14. The van der Waals surface area contributed by atoms with Crippen molar-refractivity contribution in [2.45, 2.75) is 13.3 Å². The van der Waals surface area contributed by atoms with E-state index in [1.54, 1.807) is 10.7 Å². The Labute approximate surface area is 80.0 Å². The molecule has 0 saturated heterocycles. The van der Waals surface area contributed by atoms with Crippen LogP contribution in [0.4, 0.5) is 0 Å². The van der Waals surface area contributed by atoms with Crippen LogP contribution in [0.25, 0.3) is 5.65 Å². The van der Waals surface area contributed by atoms with Crippen molar-refractivity contribution in [1.82, 2.24) is 14.6 Å². The fraction of sp³-hybridized carbons (Fsp3) is 0.222. The van der Waals surface area contributed by atoms with E-state index in [-0.39, 0.29) is 6.42 Å². The van der Waals surface area contributed by atoms with Gasteiger partial charge < -0.3 is 5.11 Å². The van der Waals surface area contributed by atoms with E-state index in [0.29, 0.717) is 11.2 Å². The molecule has 0 aliphatic carbocycles. The summed E-state index contributed by atoms with van der Waals surface area (Å²) >= 11 is 0. The van der Waals surface area contributed by atoms with E-state index in [1.807, 2.05) is 13.1 Å². The number of carbonyl (C=O) groups is 1. The van der Waals surface area contributed by atoms with Gasteiger partial charge >= 0.3 is 5.97 Å². The molecule has 0 aromatic carbocycles. The Morgan fingerprint density at radius 3 is 3.07 bits per heavy atom. The third-order valence-corrected chi connectivity index (χ3v) is 1.90. The minimum absolute atomic E-state index is 0.0421. The van der Waals surface area contributed by atoms with Gasteiger partial charge in [0.25, 0.3) is 0 Å². The molecule has 0 aliphatic rings. The van der Waals surface area contributed by atoms with Crippen molar-refractivity contribution in [1.29, 1.82) is 0 Å². The molecule has 0 fully saturated rings. The van der Waals surface area contributed by atoms with E-state index in [9.17, 15) is 4.79 Å². The van der Waals surface area contributed by atoms with Crippen molar-refractivity contribution in [2.24, 2.45) is 0 Å². The molecule has 1 N–H and O–H groups in total. The summed E-state index contributed by atoms with van der Waals surface area (Å²) in [5, 5.41) is 12.7. The summed E-state index contributed by atoms with van der Waals surface area (Å²) in [4.78, 5) is 14.6. The molecule has 5 heteroatoms. The maximum Gasteiger partial charge on any atom is 0.308 e. The smallest absolute Gasteiger partial charge is 0.308 e. The number of fused-ring (bicyclic) bond motifs is 1. The quantitative estimate of drug-likeness (QED) is 0.757. The second-order valence-electron chi connectivity index (χ2n) is 3.14. The van der Waals surface area contributed by atoms with Crippen molar-refractivity contribution in [3.63, 3.8) is 0 Å². The van der Waals surface area contributed by atoms with E-state index in [1.165, 1.54) is 6.20 Å². The SMILES string of the molecule is Cc1cnc2c(CC(=O)O)cnn2c1. The van der Waals surface area contributed by atoms with Gasteiger partial charge in [0, 0.05) is 18.0 Å². The predicted octanol–water partition coefficient (Wildman–Crippen LogP) is 0.665. The molecule has 2 aromatic rings. The highest BCUT2D eigenvalue weighted by Gasteiger charge is 2.08. The first-order valence-corrected chi connectivity index (χ1v) is 4.17. The highest BCUT2D eigenvalue weighted by Crippen LogP contribution is 2.08. The first kappa shape index (κ1) is 8.68. The monoisotopic (exact) mass is 191 g/mol. The van der Waals surface area contributed by atoms with Crippen LogP contribution in [-0.4, -0.2) is 25.7 Å². The molecule has 2 heterocycles. The molecule has 0 saturated carbocycles. The molecule has 0 spiro atoms. The Balaban J connectivity index is 2.52. The van der Waals surface area contributed by atoms with Gasteiger partial charge in [0.15, 0.2) is 5.65 Å². The third-order valence-electron chi connectivity index (χ3n) is 1.90. The largest absolute Gasteiger partial charge is 0.481 e. The van der Waals surface area contributed by atoms with Gasteiger partial charge in [0.1, 0.15) is 0 Å². The van der Waals surface area contributed by atoms with Crippen molar-refractivity contribution >= 4 is 11.6 Å². The first-order valence-electron chi connectivity index (χ1n) is 4.17. The minimum atomic E-state index is -0.873. The van der Waals surface area contributed by atoms with E-state index in [4.69, 9.17) is 5.11 Å². The topological polar surface area (TPSA) is 67.5 Å². The Hall–Kier alpha value is -1.91. The summed E-state index contributed by atoms with van der Waals surface area (Å²) < 4.78 is 1.59. The zero-order chi connectivity index (χ0) is 10.1. The van der Waals surface area contributed by atoms with Gasteiger partial charge in [0.2, 0.25) is 0 Å². The Morgan fingerprint density at radius 1 is 1.57 bits per heavy atom. The summed E-state index contributed by atoms with van der Waals surface area (Å²) in [6.07, 6.45) is 5.01. The second kappa shape index (κ2) is 3.10. The van der Waals surface area contributed by atoms with Crippen molar-refractivity contribution in [2.75, 3.05) is 0 Å². The number of aliphatic carboxylic acids is 1. The van der Waals surface area contributed by atoms with Crippen molar-refractivity contribution in [3.8, 4) is 0 Å². The number of hydrogen-bond acceptors (Lipinski definition) is 3. The van der Waals surface area contributed by atoms with E-state index in [2.05, 4.69) is 10.1 Å². The molecule has 14 heavy (non-hydrogen) atoms. The van der Waals surface area contributed by atoms with Crippen LogP contribution in [0.15, 0.2) is 18.6 Å². The maximum atomic E-state index is 10.5. The van der Waals surface area contributed by atoms with Crippen molar-refractivity contribution in [3.05, 3.63) is 29.7 Å². The number of hydrogen-bond donors (Lipinski definition) is 1. The molecular weight excluding hydrogens is 182 g/mol. The van der Waals surface area contributed by atoms with Gasteiger partial charge in [-0.05, 0) is 12.5 Å². The van der Waals surface area contributed by atoms with Gasteiger partial charge in [0.05, 0.1) is 12.6 Å². The fourth-order valence-corrected chi connectivity index (χ4v) is 1.30. The van der Waals surface area contributed by atoms with E-state index in [0.717, 1.165) is 5.56 Å². The van der Waals surface area contributed by atoms with Crippen LogP contribution in [0.1, 0.15) is 11.1 Å². The molecule has 0 bridgehead atoms. The standard InChI is InChI=1S/C9H9N3O2/c1-6-3-10-9-7(2-8(13)14)4-11-12(9)5-6/h3-5H,2H2,1H3,(H,13,14). The number of aryl methyl sites for hydroxylation is 1. The van der Waals surface area contributed by atoms with E-state index < -0.39 is 5.97 Å². The zero-order valence-corrected chi connectivity index (χ0v) is 7.64. The van der Waals surface area contributed by atoms with Crippen molar-refractivity contribution < 1.29 is 9.90 Å². The molecular formula is C9H9N3O2. The van der Waals surface area contributed by atoms with Crippen LogP contribution in [0.2, 0.25) is 0 Å². The van der Waals surface area contributed by atoms with Crippen LogP contribution in [-0.2, 0) is 11.2 Å². The average molecular weight is 191 g/mol. The van der Waals surface area contributed by atoms with Gasteiger partial charge in [-0.1, -0.05) is 0 Å². The van der Waals surface area contributed by atoms with Crippen LogP contribution in [0.3, 0.4) is 0 Å². The lowest BCUT2D eigenvalue weighted by molar-refractivity contribution is -0.136. The molecule has 2 rings (SSSR count). The van der Waals surface area contributed by atoms with Gasteiger partial charge in [-0.3, -0.25) is 4.79 Å². The summed E-state index contributed by atoms with van der Waals surface area (Å²) in [6, 6.07) is 0. The van der Waals surface area contributed by atoms with Crippen LogP contribution < -0.4 is 0 Å². The summed E-state index contributed by atoms with van der Waals surface area (Å²) in [5.74, 6) is -0.873. The van der Waals surface area contributed by atoms with Gasteiger partial charge in [-0.2, -0.15) is 5.10 Å². The highest BCUT2D eigenvalue weighted by molar-refractivity contribution is 5.72. The van der Waals surface area contributed by atoms with E-state index >= 15 is 0 Å². The molecule has 2 aromatic heterocycles. The Bertz CT molecular complexity index is 490.